The van der Waals surface area contributed by atoms with Gasteiger partial charge in [0.05, 0.1) is 31.7 Å². The maximum atomic E-state index is 11.8. The van der Waals surface area contributed by atoms with E-state index in [0.29, 0.717) is 23.7 Å². The van der Waals surface area contributed by atoms with Crippen molar-refractivity contribution in [3.05, 3.63) is 41.4 Å². The van der Waals surface area contributed by atoms with Crippen LogP contribution in [0.15, 0.2) is 24.4 Å². The van der Waals surface area contributed by atoms with Gasteiger partial charge in [0.2, 0.25) is 5.69 Å². The predicted molar refractivity (Wildman–Crippen MR) is 95.1 cm³/mol. The van der Waals surface area contributed by atoms with Crippen LogP contribution in [0.3, 0.4) is 0 Å². The summed E-state index contributed by atoms with van der Waals surface area (Å²) < 4.78 is 12.1. The Hall–Kier alpha value is -3.01. The van der Waals surface area contributed by atoms with Crippen LogP contribution in [-0.4, -0.2) is 29.0 Å². The summed E-state index contributed by atoms with van der Waals surface area (Å²) in [4.78, 5) is 15.4. The minimum absolute atomic E-state index is 0.0150. The van der Waals surface area contributed by atoms with Gasteiger partial charge in [-0.25, -0.2) is 14.3 Å². The monoisotopic (exact) mass is 342 g/mol. The average Bonchev–Trinajstić information content (AvgIpc) is 2.94. The zero-order valence-corrected chi connectivity index (χ0v) is 14.9. The predicted octanol–water partition coefficient (Wildman–Crippen LogP) is 3.61. The topological polar surface area (TPSA) is 83.7 Å². The van der Waals surface area contributed by atoms with Gasteiger partial charge >= 0.3 is 5.97 Å². The third-order valence-corrected chi connectivity index (χ3v) is 3.27. The summed E-state index contributed by atoms with van der Waals surface area (Å²) in [7, 11) is 0. The van der Waals surface area contributed by atoms with E-state index < -0.39 is 5.97 Å². The van der Waals surface area contributed by atoms with Crippen LogP contribution in [0.1, 0.15) is 38.1 Å². The van der Waals surface area contributed by atoms with Crippen LogP contribution in [0.25, 0.3) is 10.5 Å². The molecule has 2 rings (SSSR count). The van der Waals surface area contributed by atoms with E-state index in [-0.39, 0.29) is 23.4 Å². The number of hydrogen-bond donors (Lipinski definition) is 1. The lowest BCUT2D eigenvalue weighted by atomic mass is 9.99. The first-order chi connectivity index (χ1) is 11.8. The molecule has 7 nitrogen and oxygen atoms in total. The number of rotatable bonds is 5. The highest BCUT2D eigenvalue weighted by atomic mass is 16.5. The van der Waals surface area contributed by atoms with E-state index in [1.165, 1.54) is 10.9 Å². The van der Waals surface area contributed by atoms with E-state index >= 15 is 0 Å². The van der Waals surface area contributed by atoms with Gasteiger partial charge in [-0.3, -0.25) is 0 Å². The highest BCUT2D eigenvalue weighted by Gasteiger charge is 2.18. The van der Waals surface area contributed by atoms with E-state index in [0.717, 1.165) is 0 Å². The molecule has 0 saturated heterocycles. The molecule has 0 aliphatic heterocycles. The first-order valence-electron chi connectivity index (χ1n) is 7.92. The van der Waals surface area contributed by atoms with Crippen LogP contribution in [-0.2, 0) is 4.74 Å². The van der Waals surface area contributed by atoms with Crippen LogP contribution in [0.4, 0.5) is 11.5 Å². The molecular weight excluding hydrogens is 320 g/mol. The van der Waals surface area contributed by atoms with E-state index in [1.807, 2.05) is 0 Å². The highest BCUT2D eigenvalue weighted by Crippen LogP contribution is 2.32. The first kappa shape index (κ1) is 18.3. The molecule has 0 aliphatic rings. The van der Waals surface area contributed by atoms with Crippen LogP contribution in [0.2, 0.25) is 0 Å². The quantitative estimate of drug-likeness (QED) is 0.663. The number of carbonyl (C=O) groups excluding carboxylic acids is 1. The second kappa shape index (κ2) is 7.26. The van der Waals surface area contributed by atoms with Crippen molar-refractivity contribution in [2.45, 2.75) is 27.7 Å². The maximum absolute atomic E-state index is 11.8. The van der Waals surface area contributed by atoms with Gasteiger partial charge in [-0.15, -0.1) is 0 Å². The smallest absolute Gasteiger partial charge is 0.343 e. The number of benzene rings is 1. The molecule has 2 aromatic rings. The molecule has 0 spiro atoms. The van der Waals surface area contributed by atoms with Crippen molar-refractivity contribution in [1.29, 1.82) is 0 Å². The lowest BCUT2D eigenvalue weighted by molar-refractivity contribution is 0.0527. The number of carbonyl (C=O) groups is 1. The summed E-state index contributed by atoms with van der Waals surface area (Å²) in [5.41, 5.74) is 7.11. The van der Waals surface area contributed by atoms with E-state index in [2.05, 4.69) is 30.7 Å². The average molecular weight is 342 g/mol. The number of esters is 1. The fourth-order valence-corrected chi connectivity index (χ4v) is 2.07. The van der Waals surface area contributed by atoms with Crippen molar-refractivity contribution in [2.75, 3.05) is 18.9 Å². The fourth-order valence-electron chi connectivity index (χ4n) is 2.07. The van der Waals surface area contributed by atoms with Crippen LogP contribution in [0, 0.1) is 12.0 Å². The Morgan fingerprint density at radius 2 is 2.12 bits per heavy atom. The van der Waals surface area contributed by atoms with Crippen molar-refractivity contribution in [3.63, 3.8) is 0 Å². The minimum atomic E-state index is -0.526. The largest absolute Gasteiger partial charge is 0.504 e. The molecule has 132 valence electrons. The number of nitrogens with two attached hydrogens (primary N) is 1. The SMILES string of the molecule is [C-]#[N+]c1cc(-n2ncc(C(=O)OCC)c2N)ccc1OCC(C)(C)C. The van der Waals surface area contributed by atoms with Gasteiger partial charge in [0.25, 0.3) is 0 Å². The summed E-state index contributed by atoms with van der Waals surface area (Å²) in [5, 5.41) is 4.13. The summed E-state index contributed by atoms with van der Waals surface area (Å²) in [6.07, 6.45) is 1.36. The van der Waals surface area contributed by atoms with Crippen LogP contribution >= 0.6 is 0 Å². The molecule has 7 heteroatoms. The van der Waals surface area contributed by atoms with E-state index in [9.17, 15) is 4.79 Å². The Bertz CT molecular complexity index is 813. The molecule has 0 radical (unpaired) electrons. The van der Waals surface area contributed by atoms with E-state index in [1.54, 1.807) is 25.1 Å². The molecule has 2 N–H and O–H groups in total. The Labute approximate surface area is 147 Å². The minimum Gasteiger partial charge on any atom is -0.504 e. The maximum Gasteiger partial charge on any atom is 0.343 e. The zero-order valence-electron chi connectivity index (χ0n) is 14.9. The standard InChI is InChI=1S/C18H22N4O3/c1-6-24-17(23)13-10-21-22(16(13)19)12-7-8-15(14(9-12)20-5)25-11-18(2,3)4/h7-10H,6,11,19H2,1-4H3. The van der Waals surface area contributed by atoms with Gasteiger partial charge in [0.1, 0.15) is 17.1 Å². The summed E-state index contributed by atoms with van der Waals surface area (Å²) in [6, 6.07) is 5.08. The zero-order chi connectivity index (χ0) is 18.6. The second-order valence-corrected chi connectivity index (χ2v) is 6.69. The van der Waals surface area contributed by atoms with Crippen molar-refractivity contribution < 1.29 is 14.3 Å². The van der Waals surface area contributed by atoms with Gasteiger partial charge in [0, 0.05) is 0 Å². The van der Waals surface area contributed by atoms with Gasteiger partial charge < -0.3 is 15.2 Å². The normalized spacial score (nSPS) is 11.0. The molecule has 0 fully saturated rings. The van der Waals surface area contributed by atoms with Crippen LogP contribution < -0.4 is 10.5 Å². The van der Waals surface area contributed by atoms with Crippen molar-refractivity contribution >= 4 is 17.5 Å². The summed E-state index contributed by atoms with van der Waals surface area (Å²) in [5.74, 6) is 0.143. The lowest BCUT2D eigenvalue weighted by Crippen LogP contribution is -2.16. The highest BCUT2D eigenvalue weighted by molar-refractivity contribution is 5.94. The molecule has 1 heterocycles. The number of nitrogens with zero attached hydrogens (tertiary/aromatic N) is 3. The summed E-state index contributed by atoms with van der Waals surface area (Å²) >= 11 is 0. The first-order valence-corrected chi connectivity index (χ1v) is 7.92. The Kier molecular flexibility index (Phi) is 5.32. The van der Waals surface area contributed by atoms with Crippen LogP contribution in [0.5, 0.6) is 5.75 Å². The van der Waals surface area contributed by atoms with Gasteiger partial charge in [-0.2, -0.15) is 5.10 Å². The number of ether oxygens (including phenoxy) is 2. The Morgan fingerprint density at radius 3 is 2.72 bits per heavy atom. The molecule has 1 aromatic heterocycles. The van der Waals surface area contributed by atoms with Crippen molar-refractivity contribution in [3.8, 4) is 11.4 Å². The molecule has 0 atom stereocenters. The summed E-state index contributed by atoms with van der Waals surface area (Å²) in [6.45, 7) is 16.0. The molecular formula is C18H22N4O3. The van der Waals surface area contributed by atoms with Crippen molar-refractivity contribution in [1.82, 2.24) is 9.78 Å². The fraction of sp³-hybridized carbons (Fsp3) is 0.389. The second-order valence-electron chi connectivity index (χ2n) is 6.69. The van der Waals surface area contributed by atoms with Gasteiger partial charge in [-0.05, 0) is 30.5 Å². The Balaban J connectivity index is 2.33. The Morgan fingerprint density at radius 1 is 1.40 bits per heavy atom. The molecule has 0 bridgehead atoms. The van der Waals surface area contributed by atoms with E-state index in [4.69, 9.17) is 21.8 Å². The molecule has 0 unspecified atom stereocenters. The van der Waals surface area contributed by atoms with Gasteiger partial charge in [-0.1, -0.05) is 20.8 Å². The molecule has 1 aromatic carbocycles. The molecule has 25 heavy (non-hydrogen) atoms. The molecule has 0 aliphatic carbocycles. The number of anilines is 1. The number of nitrogen functional groups attached to an aromatic ring is 1. The van der Waals surface area contributed by atoms with Crippen molar-refractivity contribution in [2.24, 2.45) is 5.41 Å². The number of hydrogen-bond acceptors (Lipinski definition) is 5. The molecule has 0 amide bonds. The lowest BCUT2D eigenvalue weighted by Gasteiger charge is -2.19. The molecule has 0 saturated carbocycles. The number of aromatic nitrogens is 2. The third-order valence-electron chi connectivity index (χ3n) is 3.27. The van der Waals surface area contributed by atoms with Gasteiger partial charge in [0.15, 0.2) is 0 Å². The third kappa shape index (κ3) is 4.29.